The van der Waals surface area contributed by atoms with Gasteiger partial charge in [-0.05, 0) is 39.2 Å². The maximum absolute atomic E-state index is 11.6. The molecule has 3 N–H and O–H groups in total. The van der Waals surface area contributed by atoms with Crippen LogP contribution in [0.3, 0.4) is 0 Å². The second kappa shape index (κ2) is 5.99. The minimum atomic E-state index is -0.584. The highest BCUT2D eigenvalue weighted by atomic mass is 16.5. The van der Waals surface area contributed by atoms with Crippen molar-refractivity contribution >= 4 is 5.91 Å². The number of ether oxygens (including phenoxy) is 2. The number of nitrogens with one attached hydrogen (secondary N) is 1. The van der Waals surface area contributed by atoms with E-state index in [2.05, 4.69) is 5.32 Å². The third kappa shape index (κ3) is 3.02. The van der Waals surface area contributed by atoms with Crippen molar-refractivity contribution in [3.63, 3.8) is 0 Å². The van der Waals surface area contributed by atoms with E-state index in [9.17, 15) is 4.79 Å². The van der Waals surface area contributed by atoms with Gasteiger partial charge in [0.1, 0.15) is 0 Å². The number of carbonyl (C=O) groups excluding carboxylic acids is 1. The smallest absolute Gasteiger partial charge is 0.237 e. The van der Waals surface area contributed by atoms with Gasteiger partial charge in [0.25, 0.3) is 0 Å². The Morgan fingerprint density at radius 3 is 2.94 bits per heavy atom. The molecular weight excluding hydrogens is 232 g/mol. The first kappa shape index (κ1) is 13.8. The Balaban J connectivity index is 1.83. The third-order valence-electron chi connectivity index (χ3n) is 4.20. The van der Waals surface area contributed by atoms with E-state index in [0.717, 1.165) is 38.7 Å². The van der Waals surface area contributed by atoms with E-state index in [1.54, 1.807) is 7.05 Å². The molecule has 2 aliphatic rings. The van der Waals surface area contributed by atoms with Gasteiger partial charge < -0.3 is 20.5 Å². The van der Waals surface area contributed by atoms with Crippen molar-refractivity contribution in [1.82, 2.24) is 5.32 Å². The monoisotopic (exact) mass is 256 g/mol. The molecule has 1 saturated heterocycles. The molecule has 0 aromatic heterocycles. The number of hydrogen-bond donors (Lipinski definition) is 2. The highest BCUT2D eigenvalue weighted by Crippen LogP contribution is 2.30. The van der Waals surface area contributed by atoms with Gasteiger partial charge in [0, 0.05) is 13.0 Å². The van der Waals surface area contributed by atoms with Gasteiger partial charge in [-0.15, -0.1) is 0 Å². The average Bonchev–Trinajstić information content (AvgIpc) is 2.89. The lowest BCUT2D eigenvalue weighted by Crippen LogP contribution is -2.57. The molecule has 5 nitrogen and oxygen atoms in total. The topological polar surface area (TPSA) is 73.6 Å². The van der Waals surface area contributed by atoms with Crippen LogP contribution in [0.25, 0.3) is 0 Å². The second-order valence-corrected chi connectivity index (χ2v) is 5.38. The molecule has 3 unspecified atom stereocenters. The number of hydrogen-bond acceptors (Lipinski definition) is 4. The van der Waals surface area contributed by atoms with Gasteiger partial charge in [0.05, 0.1) is 24.4 Å². The number of likely N-dealkylation sites (N-methyl/N-ethyl adjacent to an activating group) is 1. The van der Waals surface area contributed by atoms with Crippen molar-refractivity contribution in [2.45, 2.75) is 56.3 Å². The normalized spacial score (nSPS) is 36.7. The van der Waals surface area contributed by atoms with E-state index in [4.69, 9.17) is 15.2 Å². The fourth-order valence-corrected chi connectivity index (χ4v) is 2.96. The minimum Gasteiger partial charge on any atom is -0.376 e. The van der Waals surface area contributed by atoms with E-state index in [1.807, 2.05) is 0 Å². The SMILES string of the molecule is CNC1(C(N)=O)CCCC(OCC2CCCO2)C1. The third-order valence-corrected chi connectivity index (χ3v) is 4.20. The molecule has 1 aliphatic heterocycles. The molecule has 2 fully saturated rings. The number of rotatable bonds is 5. The summed E-state index contributed by atoms with van der Waals surface area (Å²) in [6, 6.07) is 0. The van der Waals surface area contributed by atoms with Gasteiger partial charge in [-0.3, -0.25) is 4.79 Å². The Morgan fingerprint density at radius 2 is 2.33 bits per heavy atom. The van der Waals surface area contributed by atoms with Crippen molar-refractivity contribution in [1.29, 1.82) is 0 Å². The molecule has 0 spiro atoms. The fraction of sp³-hybridized carbons (Fsp3) is 0.923. The molecular formula is C13H24N2O3. The van der Waals surface area contributed by atoms with Crippen LogP contribution >= 0.6 is 0 Å². The molecule has 1 saturated carbocycles. The van der Waals surface area contributed by atoms with Crippen molar-refractivity contribution in [2.24, 2.45) is 5.73 Å². The van der Waals surface area contributed by atoms with Crippen LogP contribution in [0.2, 0.25) is 0 Å². The Morgan fingerprint density at radius 1 is 1.50 bits per heavy atom. The lowest BCUT2D eigenvalue weighted by atomic mass is 9.79. The highest BCUT2D eigenvalue weighted by Gasteiger charge is 2.40. The van der Waals surface area contributed by atoms with Crippen molar-refractivity contribution in [3.8, 4) is 0 Å². The van der Waals surface area contributed by atoms with Crippen molar-refractivity contribution in [2.75, 3.05) is 20.3 Å². The predicted molar refractivity (Wildman–Crippen MR) is 68.2 cm³/mol. The Hall–Kier alpha value is -0.650. The van der Waals surface area contributed by atoms with Crippen molar-refractivity contribution in [3.05, 3.63) is 0 Å². The zero-order valence-corrected chi connectivity index (χ0v) is 11.1. The summed E-state index contributed by atoms with van der Waals surface area (Å²) in [5, 5.41) is 3.09. The van der Waals surface area contributed by atoms with Gasteiger partial charge in [-0.2, -0.15) is 0 Å². The molecule has 1 heterocycles. The lowest BCUT2D eigenvalue weighted by molar-refractivity contribution is -0.128. The van der Waals surface area contributed by atoms with Crippen LogP contribution in [0.4, 0.5) is 0 Å². The molecule has 1 amide bonds. The van der Waals surface area contributed by atoms with Gasteiger partial charge in [0.2, 0.25) is 5.91 Å². The number of amides is 1. The van der Waals surface area contributed by atoms with Crippen LogP contribution in [0, 0.1) is 0 Å². The molecule has 5 heteroatoms. The van der Waals surface area contributed by atoms with Gasteiger partial charge >= 0.3 is 0 Å². The van der Waals surface area contributed by atoms with Crippen LogP contribution in [0.15, 0.2) is 0 Å². The largest absolute Gasteiger partial charge is 0.376 e. The van der Waals surface area contributed by atoms with E-state index >= 15 is 0 Å². The molecule has 1 aliphatic carbocycles. The molecule has 104 valence electrons. The maximum Gasteiger partial charge on any atom is 0.237 e. The summed E-state index contributed by atoms with van der Waals surface area (Å²) in [5.74, 6) is -0.268. The van der Waals surface area contributed by atoms with E-state index in [0.29, 0.717) is 13.0 Å². The summed E-state index contributed by atoms with van der Waals surface area (Å²) >= 11 is 0. The molecule has 18 heavy (non-hydrogen) atoms. The summed E-state index contributed by atoms with van der Waals surface area (Å²) in [7, 11) is 1.80. The first-order valence-corrected chi connectivity index (χ1v) is 6.88. The standard InChI is InChI=1S/C13H24N2O3/c1-15-13(12(14)16)6-2-4-10(8-13)18-9-11-5-3-7-17-11/h10-11,15H,2-9H2,1H3,(H2,14,16). The average molecular weight is 256 g/mol. The van der Waals surface area contributed by atoms with Gasteiger partial charge in [-0.25, -0.2) is 0 Å². The zero-order valence-electron chi connectivity index (χ0n) is 11.1. The van der Waals surface area contributed by atoms with E-state index in [1.165, 1.54) is 0 Å². The molecule has 2 rings (SSSR count). The highest BCUT2D eigenvalue weighted by molar-refractivity contribution is 5.84. The van der Waals surface area contributed by atoms with E-state index < -0.39 is 5.54 Å². The minimum absolute atomic E-state index is 0.114. The number of carbonyl (C=O) groups is 1. The van der Waals surface area contributed by atoms with Gasteiger partial charge in [0.15, 0.2) is 0 Å². The fourth-order valence-electron chi connectivity index (χ4n) is 2.96. The summed E-state index contributed by atoms with van der Waals surface area (Å²) in [6.07, 6.45) is 6.01. The van der Waals surface area contributed by atoms with Crippen LogP contribution in [-0.2, 0) is 14.3 Å². The van der Waals surface area contributed by atoms with Crippen LogP contribution in [0.1, 0.15) is 38.5 Å². The van der Waals surface area contributed by atoms with Crippen LogP contribution in [-0.4, -0.2) is 43.9 Å². The van der Waals surface area contributed by atoms with Crippen molar-refractivity contribution < 1.29 is 14.3 Å². The predicted octanol–water partition coefficient (Wildman–Crippen LogP) is 0.568. The molecule has 0 aromatic carbocycles. The molecule has 3 atom stereocenters. The first-order valence-electron chi connectivity index (χ1n) is 6.88. The molecule has 0 radical (unpaired) electrons. The van der Waals surface area contributed by atoms with Crippen LogP contribution < -0.4 is 11.1 Å². The van der Waals surface area contributed by atoms with E-state index in [-0.39, 0.29) is 18.1 Å². The van der Waals surface area contributed by atoms with Crippen LogP contribution in [0.5, 0.6) is 0 Å². The first-order chi connectivity index (χ1) is 8.66. The quantitative estimate of drug-likeness (QED) is 0.754. The maximum atomic E-state index is 11.6. The summed E-state index contributed by atoms with van der Waals surface area (Å²) < 4.78 is 11.4. The summed E-state index contributed by atoms with van der Waals surface area (Å²) in [6.45, 7) is 1.49. The Labute approximate surface area is 108 Å². The number of nitrogens with two attached hydrogens (primary N) is 1. The summed E-state index contributed by atoms with van der Waals surface area (Å²) in [4.78, 5) is 11.6. The second-order valence-electron chi connectivity index (χ2n) is 5.38. The molecule has 0 bridgehead atoms. The Kier molecular flexibility index (Phi) is 4.59. The zero-order chi connectivity index (χ0) is 13.0. The summed E-state index contributed by atoms with van der Waals surface area (Å²) in [5.41, 5.74) is 4.93. The lowest BCUT2D eigenvalue weighted by Gasteiger charge is -2.38. The number of primary amides is 1. The molecule has 0 aromatic rings. The Bertz CT molecular complexity index is 292. The van der Waals surface area contributed by atoms with Gasteiger partial charge in [-0.1, -0.05) is 0 Å².